The lowest BCUT2D eigenvalue weighted by Gasteiger charge is -2.21. The highest BCUT2D eigenvalue weighted by Crippen LogP contribution is 2.18. The van der Waals surface area contributed by atoms with Crippen LogP contribution in [0, 0.1) is 0 Å². The first-order chi connectivity index (χ1) is 6.81. The highest BCUT2D eigenvalue weighted by Gasteiger charge is 2.24. The Morgan fingerprint density at radius 3 is 3.14 bits per heavy atom. The fourth-order valence-corrected chi connectivity index (χ4v) is 1.94. The number of hydrogen-bond acceptors (Lipinski definition) is 4. The van der Waals surface area contributed by atoms with Crippen LogP contribution in [0.1, 0.15) is 18.7 Å². The van der Waals surface area contributed by atoms with Crippen molar-refractivity contribution in [2.45, 2.75) is 25.4 Å². The van der Waals surface area contributed by atoms with E-state index in [9.17, 15) is 0 Å². The number of aliphatic hydroxyl groups is 1. The monoisotopic (exact) mass is 196 g/mol. The number of rotatable bonds is 3. The minimum Gasteiger partial charge on any atom is -0.395 e. The SMILES string of the molecule is Cn1cnnc1CN1CCC[C@@H]1CO. The van der Waals surface area contributed by atoms with Crippen molar-refractivity contribution in [2.24, 2.45) is 7.05 Å². The number of nitrogens with zero attached hydrogens (tertiary/aromatic N) is 4. The van der Waals surface area contributed by atoms with Gasteiger partial charge in [0.1, 0.15) is 12.2 Å². The summed E-state index contributed by atoms with van der Waals surface area (Å²) in [5.41, 5.74) is 0. The summed E-state index contributed by atoms with van der Waals surface area (Å²) in [6.07, 6.45) is 3.97. The first kappa shape index (κ1) is 9.61. The van der Waals surface area contributed by atoms with E-state index in [1.165, 1.54) is 6.42 Å². The van der Waals surface area contributed by atoms with Gasteiger partial charge >= 0.3 is 0 Å². The second kappa shape index (κ2) is 4.06. The van der Waals surface area contributed by atoms with Crippen LogP contribution < -0.4 is 0 Å². The van der Waals surface area contributed by atoms with Crippen LogP contribution in [-0.4, -0.2) is 44.0 Å². The number of aryl methyl sites for hydroxylation is 1. The van der Waals surface area contributed by atoms with Crippen LogP contribution in [0.2, 0.25) is 0 Å². The summed E-state index contributed by atoms with van der Waals surface area (Å²) >= 11 is 0. The lowest BCUT2D eigenvalue weighted by molar-refractivity contribution is 0.150. The van der Waals surface area contributed by atoms with Crippen molar-refractivity contribution in [1.82, 2.24) is 19.7 Å². The van der Waals surface area contributed by atoms with Gasteiger partial charge in [-0.05, 0) is 19.4 Å². The zero-order chi connectivity index (χ0) is 9.97. The van der Waals surface area contributed by atoms with Crippen LogP contribution in [0.15, 0.2) is 6.33 Å². The predicted molar refractivity (Wildman–Crippen MR) is 51.5 cm³/mol. The van der Waals surface area contributed by atoms with Gasteiger partial charge in [0.25, 0.3) is 0 Å². The maximum absolute atomic E-state index is 9.15. The molecule has 0 amide bonds. The van der Waals surface area contributed by atoms with Crippen molar-refractivity contribution in [3.05, 3.63) is 12.2 Å². The second-order valence-electron chi connectivity index (χ2n) is 3.81. The van der Waals surface area contributed by atoms with Crippen LogP contribution in [0.4, 0.5) is 0 Å². The number of aromatic nitrogens is 3. The molecule has 0 aliphatic carbocycles. The summed E-state index contributed by atoms with van der Waals surface area (Å²) in [5.74, 6) is 0.963. The molecule has 0 spiro atoms. The minimum atomic E-state index is 0.248. The molecule has 78 valence electrons. The molecule has 1 fully saturated rings. The third kappa shape index (κ3) is 1.78. The summed E-state index contributed by atoms with van der Waals surface area (Å²) in [5, 5.41) is 17.0. The van der Waals surface area contributed by atoms with Gasteiger partial charge in [-0.3, -0.25) is 4.90 Å². The Bertz CT molecular complexity index is 299. The van der Waals surface area contributed by atoms with Gasteiger partial charge in [-0.25, -0.2) is 0 Å². The minimum absolute atomic E-state index is 0.248. The highest BCUT2D eigenvalue weighted by molar-refractivity contribution is 4.88. The molecule has 1 saturated heterocycles. The van der Waals surface area contributed by atoms with E-state index in [0.29, 0.717) is 6.04 Å². The van der Waals surface area contributed by atoms with Gasteiger partial charge in [-0.2, -0.15) is 0 Å². The molecule has 5 heteroatoms. The fourth-order valence-electron chi connectivity index (χ4n) is 1.94. The standard InChI is InChI=1S/C9H16N4O/c1-12-7-10-11-9(12)5-13-4-2-3-8(13)6-14/h7-8,14H,2-6H2,1H3/t8-/m1/s1. The van der Waals surface area contributed by atoms with Gasteiger partial charge in [-0.1, -0.05) is 0 Å². The van der Waals surface area contributed by atoms with E-state index in [-0.39, 0.29) is 6.61 Å². The smallest absolute Gasteiger partial charge is 0.146 e. The third-order valence-electron chi connectivity index (χ3n) is 2.86. The molecule has 5 nitrogen and oxygen atoms in total. The van der Waals surface area contributed by atoms with Gasteiger partial charge in [0.15, 0.2) is 0 Å². The Morgan fingerprint density at radius 1 is 1.64 bits per heavy atom. The molecule has 1 N–H and O–H groups in total. The molecule has 2 rings (SSSR count). The zero-order valence-corrected chi connectivity index (χ0v) is 8.43. The molecule has 1 atom stereocenters. The van der Waals surface area contributed by atoms with Crippen LogP contribution in [0.3, 0.4) is 0 Å². The fraction of sp³-hybridized carbons (Fsp3) is 0.778. The Hall–Kier alpha value is -0.940. The Balaban J connectivity index is 2.00. The number of hydrogen-bond donors (Lipinski definition) is 1. The van der Waals surface area contributed by atoms with E-state index < -0.39 is 0 Å². The van der Waals surface area contributed by atoms with Crippen LogP contribution in [0.25, 0.3) is 0 Å². The van der Waals surface area contributed by atoms with Gasteiger partial charge in [0, 0.05) is 13.1 Å². The molecule has 1 aromatic rings. The van der Waals surface area contributed by atoms with Crippen molar-refractivity contribution in [3.8, 4) is 0 Å². The molecule has 1 aromatic heterocycles. The summed E-state index contributed by atoms with van der Waals surface area (Å²) in [6.45, 7) is 2.09. The third-order valence-corrected chi connectivity index (χ3v) is 2.86. The van der Waals surface area contributed by atoms with Gasteiger partial charge in [0.05, 0.1) is 13.2 Å². The van der Waals surface area contributed by atoms with Crippen molar-refractivity contribution in [2.75, 3.05) is 13.2 Å². The first-order valence-corrected chi connectivity index (χ1v) is 4.99. The molecule has 0 saturated carbocycles. The van der Waals surface area contributed by atoms with Crippen LogP contribution >= 0.6 is 0 Å². The number of aliphatic hydroxyl groups excluding tert-OH is 1. The maximum Gasteiger partial charge on any atom is 0.146 e. The molecule has 0 unspecified atom stereocenters. The van der Waals surface area contributed by atoms with Crippen molar-refractivity contribution < 1.29 is 5.11 Å². The molecule has 2 heterocycles. The maximum atomic E-state index is 9.15. The summed E-state index contributed by atoms with van der Waals surface area (Å²) in [7, 11) is 1.94. The van der Waals surface area contributed by atoms with E-state index in [0.717, 1.165) is 25.3 Å². The first-order valence-electron chi connectivity index (χ1n) is 4.99. The van der Waals surface area contributed by atoms with Gasteiger partial charge in [0.2, 0.25) is 0 Å². The van der Waals surface area contributed by atoms with Crippen molar-refractivity contribution in [3.63, 3.8) is 0 Å². The zero-order valence-electron chi connectivity index (χ0n) is 8.43. The quantitative estimate of drug-likeness (QED) is 0.725. The van der Waals surface area contributed by atoms with Gasteiger partial charge < -0.3 is 9.67 Å². The van der Waals surface area contributed by atoms with E-state index in [4.69, 9.17) is 5.11 Å². The topological polar surface area (TPSA) is 54.2 Å². The molecule has 0 aromatic carbocycles. The van der Waals surface area contributed by atoms with Crippen LogP contribution in [0.5, 0.6) is 0 Å². The molecule has 14 heavy (non-hydrogen) atoms. The lowest BCUT2D eigenvalue weighted by atomic mass is 10.2. The lowest BCUT2D eigenvalue weighted by Crippen LogP contribution is -2.32. The van der Waals surface area contributed by atoms with E-state index in [2.05, 4.69) is 15.1 Å². The molecule has 1 aliphatic heterocycles. The molecular weight excluding hydrogens is 180 g/mol. The largest absolute Gasteiger partial charge is 0.395 e. The molecule has 0 radical (unpaired) electrons. The second-order valence-corrected chi connectivity index (χ2v) is 3.81. The van der Waals surface area contributed by atoms with E-state index in [1.807, 2.05) is 11.6 Å². The molecular formula is C9H16N4O. The van der Waals surface area contributed by atoms with Gasteiger partial charge in [-0.15, -0.1) is 10.2 Å². The molecule has 0 bridgehead atoms. The highest BCUT2D eigenvalue weighted by atomic mass is 16.3. The van der Waals surface area contributed by atoms with Crippen molar-refractivity contribution in [1.29, 1.82) is 0 Å². The summed E-state index contributed by atoms with van der Waals surface area (Å²) in [4.78, 5) is 2.27. The van der Waals surface area contributed by atoms with E-state index in [1.54, 1.807) is 6.33 Å². The van der Waals surface area contributed by atoms with Crippen LogP contribution in [-0.2, 0) is 13.6 Å². The Morgan fingerprint density at radius 2 is 2.50 bits per heavy atom. The van der Waals surface area contributed by atoms with E-state index >= 15 is 0 Å². The Kier molecular flexibility index (Phi) is 2.79. The Labute approximate surface area is 83.4 Å². The summed E-state index contributed by atoms with van der Waals surface area (Å²) < 4.78 is 1.92. The molecule has 1 aliphatic rings. The summed E-state index contributed by atoms with van der Waals surface area (Å²) in [6, 6.07) is 0.312. The average molecular weight is 196 g/mol. The normalized spacial score (nSPS) is 23.1. The number of likely N-dealkylation sites (tertiary alicyclic amines) is 1. The van der Waals surface area contributed by atoms with Crippen molar-refractivity contribution >= 4 is 0 Å². The average Bonchev–Trinajstić information content (AvgIpc) is 2.77. The predicted octanol–water partition coefficient (Wildman–Crippen LogP) is -0.228.